The van der Waals surface area contributed by atoms with Crippen molar-refractivity contribution in [2.75, 3.05) is 38.0 Å². The Morgan fingerprint density at radius 3 is 2.39 bits per heavy atom. The lowest BCUT2D eigenvalue weighted by Gasteiger charge is -2.34. The molecule has 0 spiro atoms. The minimum atomic E-state index is -0.0416. The summed E-state index contributed by atoms with van der Waals surface area (Å²) in [6.07, 6.45) is 0. The second kappa shape index (κ2) is 8.18. The standard InChI is InChI=1S/C20H22N6O2/c27-19(21-16-6-2-1-3-7-16)14-24-10-12-25(13-11-24)20(28)15-26-18-9-5-4-8-17(18)22-23-26/h1-9H,10-15H2,(H,21,27). The van der Waals surface area contributed by atoms with Crippen molar-refractivity contribution in [2.45, 2.75) is 6.54 Å². The molecule has 1 aliphatic heterocycles. The van der Waals surface area contributed by atoms with Gasteiger partial charge in [0.1, 0.15) is 12.1 Å². The van der Waals surface area contributed by atoms with Gasteiger partial charge in [0.05, 0.1) is 12.1 Å². The first-order chi connectivity index (χ1) is 13.7. The number of amides is 2. The summed E-state index contributed by atoms with van der Waals surface area (Å²) in [6.45, 7) is 3.05. The Balaban J connectivity index is 1.26. The highest BCUT2D eigenvalue weighted by Crippen LogP contribution is 2.11. The lowest BCUT2D eigenvalue weighted by atomic mass is 10.3. The van der Waals surface area contributed by atoms with E-state index in [4.69, 9.17) is 0 Å². The van der Waals surface area contributed by atoms with Crippen LogP contribution in [0.3, 0.4) is 0 Å². The fourth-order valence-corrected chi connectivity index (χ4v) is 3.34. The third kappa shape index (κ3) is 4.17. The van der Waals surface area contributed by atoms with Crippen molar-refractivity contribution in [3.05, 3.63) is 54.6 Å². The normalized spacial score (nSPS) is 14.9. The molecule has 2 amide bonds. The Labute approximate surface area is 162 Å². The van der Waals surface area contributed by atoms with Gasteiger partial charge in [0.25, 0.3) is 0 Å². The summed E-state index contributed by atoms with van der Waals surface area (Å²) in [5.74, 6) is -0.0240. The van der Waals surface area contributed by atoms with Gasteiger partial charge in [-0.25, -0.2) is 4.68 Å². The Morgan fingerprint density at radius 1 is 0.893 bits per heavy atom. The Morgan fingerprint density at radius 2 is 1.61 bits per heavy atom. The molecule has 0 radical (unpaired) electrons. The number of carbonyl (C=O) groups is 2. The van der Waals surface area contributed by atoms with E-state index in [0.29, 0.717) is 32.7 Å². The molecule has 3 aromatic rings. The molecule has 28 heavy (non-hydrogen) atoms. The number of nitrogens with one attached hydrogen (secondary N) is 1. The number of piperazine rings is 1. The van der Waals surface area contributed by atoms with Gasteiger partial charge in [-0.2, -0.15) is 0 Å². The molecular weight excluding hydrogens is 356 g/mol. The number of anilines is 1. The Kier molecular flexibility index (Phi) is 5.29. The van der Waals surface area contributed by atoms with Crippen molar-refractivity contribution in [1.82, 2.24) is 24.8 Å². The molecule has 0 saturated carbocycles. The number of benzene rings is 2. The first kappa shape index (κ1) is 18.1. The average molecular weight is 378 g/mol. The summed E-state index contributed by atoms with van der Waals surface area (Å²) in [5, 5.41) is 11.1. The summed E-state index contributed by atoms with van der Waals surface area (Å²) in [4.78, 5) is 28.7. The highest BCUT2D eigenvalue weighted by Gasteiger charge is 2.23. The largest absolute Gasteiger partial charge is 0.339 e. The van der Waals surface area contributed by atoms with Gasteiger partial charge < -0.3 is 10.2 Å². The molecule has 0 atom stereocenters. The number of aromatic nitrogens is 3. The van der Waals surface area contributed by atoms with Crippen molar-refractivity contribution in [3.8, 4) is 0 Å². The molecule has 4 rings (SSSR count). The van der Waals surface area contributed by atoms with Crippen LogP contribution in [-0.2, 0) is 16.1 Å². The van der Waals surface area contributed by atoms with Gasteiger partial charge in [-0.15, -0.1) is 5.10 Å². The fourth-order valence-electron chi connectivity index (χ4n) is 3.34. The highest BCUT2D eigenvalue weighted by molar-refractivity contribution is 5.92. The number of hydrogen-bond acceptors (Lipinski definition) is 5. The van der Waals surface area contributed by atoms with E-state index in [1.165, 1.54) is 0 Å². The number of carbonyl (C=O) groups excluding carboxylic acids is 2. The molecule has 8 heteroatoms. The minimum Gasteiger partial charge on any atom is -0.339 e. The molecule has 2 heterocycles. The molecular formula is C20H22N6O2. The van der Waals surface area contributed by atoms with Crippen LogP contribution >= 0.6 is 0 Å². The van der Waals surface area contributed by atoms with Crippen molar-refractivity contribution in [2.24, 2.45) is 0 Å². The van der Waals surface area contributed by atoms with E-state index in [9.17, 15) is 9.59 Å². The van der Waals surface area contributed by atoms with E-state index in [1.807, 2.05) is 59.5 Å². The maximum atomic E-state index is 12.6. The van der Waals surface area contributed by atoms with Crippen molar-refractivity contribution >= 4 is 28.5 Å². The molecule has 0 bridgehead atoms. The van der Waals surface area contributed by atoms with Crippen molar-refractivity contribution < 1.29 is 9.59 Å². The van der Waals surface area contributed by atoms with Gasteiger partial charge in [0, 0.05) is 31.9 Å². The predicted molar refractivity (Wildman–Crippen MR) is 106 cm³/mol. The molecule has 1 saturated heterocycles. The molecule has 1 N–H and O–H groups in total. The SMILES string of the molecule is O=C(CN1CCN(C(=O)Cn2nnc3ccccc32)CC1)Nc1ccccc1. The minimum absolute atomic E-state index is 0.0176. The van der Waals surface area contributed by atoms with Crippen LogP contribution < -0.4 is 5.32 Å². The molecule has 1 aromatic heterocycles. The number of para-hydroxylation sites is 2. The third-order valence-corrected chi connectivity index (χ3v) is 4.86. The van der Waals surface area contributed by atoms with Gasteiger partial charge in [-0.1, -0.05) is 35.5 Å². The number of hydrogen-bond donors (Lipinski definition) is 1. The second-order valence-electron chi connectivity index (χ2n) is 6.81. The summed E-state index contributed by atoms with van der Waals surface area (Å²) in [6, 6.07) is 17.0. The second-order valence-corrected chi connectivity index (χ2v) is 6.81. The van der Waals surface area contributed by atoms with Crippen LogP contribution in [-0.4, -0.2) is 69.3 Å². The van der Waals surface area contributed by atoms with Crippen LogP contribution in [0.1, 0.15) is 0 Å². The summed E-state index contributed by atoms with van der Waals surface area (Å²) in [7, 11) is 0. The van der Waals surface area contributed by atoms with Gasteiger partial charge in [0.2, 0.25) is 11.8 Å². The summed E-state index contributed by atoms with van der Waals surface area (Å²) in [5.41, 5.74) is 2.43. The molecule has 2 aromatic carbocycles. The van der Waals surface area contributed by atoms with E-state index in [-0.39, 0.29) is 18.4 Å². The highest BCUT2D eigenvalue weighted by atomic mass is 16.2. The van der Waals surface area contributed by atoms with Crippen LogP contribution in [0.4, 0.5) is 5.69 Å². The smallest absolute Gasteiger partial charge is 0.244 e. The average Bonchev–Trinajstić information content (AvgIpc) is 3.12. The maximum Gasteiger partial charge on any atom is 0.244 e. The van der Waals surface area contributed by atoms with E-state index < -0.39 is 0 Å². The number of fused-ring (bicyclic) bond motifs is 1. The molecule has 1 fully saturated rings. The molecule has 144 valence electrons. The zero-order valence-corrected chi connectivity index (χ0v) is 15.5. The molecule has 8 nitrogen and oxygen atoms in total. The van der Waals surface area contributed by atoms with E-state index in [2.05, 4.69) is 20.5 Å². The van der Waals surface area contributed by atoms with Gasteiger partial charge in [-0.3, -0.25) is 14.5 Å². The lowest BCUT2D eigenvalue weighted by Crippen LogP contribution is -2.51. The van der Waals surface area contributed by atoms with E-state index in [0.717, 1.165) is 16.7 Å². The number of nitrogens with zero attached hydrogens (tertiary/aromatic N) is 5. The molecule has 0 unspecified atom stereocenters. The first-order valence-electron chi connectivity index (χ1n) is 9.32. The predicted octanol–water partition coefficient (Wildman–Crippen LogP) is 1.21. The van der Waals surface area contributed by atoms with Crippen molar-refractivity contribution in [3.63, 3.8) is 0 Å². The molecule has 1 aliphatic rings. The summed E-state index contributed by atoms with van der Waals surface area (Å²) < 4.78 is 1.64. The quantitative estimate of drug-likeness (QED) is 0.722. The zero-order chi connectivity index (χ0) is 19.3. The van der Waals surface area contributed by atoms with Crippen LogP contribution in [0.5, 0.6) is 0 Å². The van der Waals surface area contributed by atoms with Crippen LogP contribution in [0.2, 0.25) is 0 Å². The monoisotopic (exact) mass is 378 g/mol. The fraction of sp³-hybridized carbons (Fsp3) is 0.300. The van der Waals surface area contributed by atoms with E-state index >= 15 is 0 Å². The van der Waals surface area contributed by atoms with Crippen LogP contribution in [0.25, 0.3) is 11.0 Å². The van der Waals surface area contributed by atoms with E-state index in [1.54, 1.807) is 4.68 Å². The number of rotatable bonds is 5. The van der Waals surface area contributed by atoms with Crippen molar-refractivity contribution in [1.29, 1.82) is 0 Å². The van der Waals surface area contributed by atoms with Crippen LogP contribution in [0, 0.1) is 0 Å². The van der Waals surface area contributed by atoms with Gasteiger partial charge >= 0.3 is 0 Å². The molecule has 0 aliphatic carbocycles. The topological polar surface area (TPSA) is 83.4 Å². The van der Waals surface area contributed by atoms with Gasteiger partial charge in [0.15, 0.2) is 0 Å². The third-order valence-electron chi connectivity index (χ3n) is 4.86. The Bertz CT molecular complexity index is 963. The first-order valence-corrected chi connectivity index (χ1v) is 9.32. The lowest BCUT2D eigenvalue weighted by molar-refractivity contribution is -0.133. The zero-order valence-electron chi connectivity index (χ0n) is 15.5. The maximum absolute atomic E-state index is 12.6. The Hall–Kier alpha value is -3.26. The summed E-state index contributed by atoms with van der Waals surface area (Å²) >= 11 is 0. The van der Waals surface area contributed by atoms with Crippen LogP contribution in [0.15, 0.2) is 54.6 Å². The van der Waals surface area contributed by atoms with Gasteiger partial charge in [-0.05, 0) is 24.3 Å².